The zero-order valence-corrected chi connectivity index (χ0v) is 15.7. The molecule has 8 heteroatoms. The van der Waals surface area contributed by atoms with Crippen molar-refractivity contribution in [2.45, 2.75) is 31.6 Å². The quantitative estimate of drug-likeness (QED) is 0.877. The van der Waals surface area contributed by atoms with E-state index in [9.17, 15) is 13.2 Å². The predicted octanol–water partition coefficient (Wildman–Crippen LogP) is 1.81. The van der Waals surface area contributed by atoms with Crippen molar-refractivity contribution in [1.82, 2.24) is 14.7 Å². The van der Waals surface area contributed by atoms with Gasteiger partial charge in [0.2, 0.25) is 11.9 Å². The SMILES string of the molecule is Cc1ccc(S(=O)(=O)NC(=O)[C@@H]2CCCN(c3ncccn3)C2)cc1C. The van der Waals surface area contributed by atoms with Crippen LogP contribution in [-0.2, 0) is 14.8 Å². The molecule has 138 valence electrons. The lowest BCUT2D eigenvalue weighted by molar-refractivity contribution is -0.123. The summed E-state index contributed by atoms with van der Waals surface area (Å²) in [5.74, 6) is -0.347. The van der Waals surface area contributed by atoms with Crippen LogP contribution in [0.3, 0.4) is 0 Å². The smallest absolute Gasteiger partial charge is 0.264 e. The fourth-order valence-electron chi connectivity index (χ4n) is 2.98. The second-order valence-electron chi connectivity index (χ2n) is 6.55. The summed E-state index contributed by atoms with van der Waals surface area (Å²) < 4.78 is 27.3. The van der Waals surface area contributed by atoms with E-state index in [4.69, 9.17) is 0 Å². The van der Waals surface area contributed by atoms with Crippen LogP contribution in [-0.4, -0.2) is 37.4 Å². The molecule has 0 spiro atoms. The Morgan fingerprint density at radius 1 is 1.19 bits per heavy atom. The third-order valence-corrected chi connectivity index (χ3v) is 6.00. The third kappa shape index (κ3) is 4.01. The first-order valence-electron chi connectivity index (χ1n) is 8.53. The maximum Gasteiger partial charge on any atom is 0.264 e. The Balaban J connectivity index is 1.71. The van der Waals surface area contributed by atoms with Crippen LogP contribution in [0.25, 0.3) is 0 Å². The number of sulfonamides is 1. The Morgan fingerprint density at radius 2 is 1.92 bits per heavy atom. The van der Waals surface area contributed by atoms with E-state index in [0.29, 0.717) is 18.9 Å². The number of hydrogen-bond acceptors (Lipinski definition) is 6. The second-order valence-corrected chi connectivity index (χ2v) is 8.23. The van der Waals surface area contributed by atoms with E-state index < -0.39 is 21.8 Å². The van der Waals surface area contributed by atoms with Crippen molar-refractivity contribution in [2.24, 2.45) is 5.92 Å². The van der Waals surface area contributed by atoms with Crippen molar-refractivity contribution in [3.8, 4) is 0 Å². The number of carbonyl (C=O) groups is 1. The molecule has 0 unspecified atom stereocenters. The molecule has 1 aromatic carbocycles. The molecule has 1 aromatic heterocycles. The molecule has 0 radical (unpaired) electrons. The summed E-state index contributed by atoms with van der Waals surface area (Å²) >= 11 is 0. The van der Waals surface area contributed by atoms with Gasteiger partial charge in [0.05, 0.1) is 10.8 Å². The van der Waals surface area contributed by atoms with Crippen LogP contribution in [0.1, 0.15) is 24.0 Å². The van der Waals surface area contributed by atoms with Crippen LogP contribution in [0.4, 0.5) is 5.95 Å². The lowest BCUT2D eigenvalue weighted by Gasteiger charge is -2.31. The van der Waals surface area contributed by atoms with Crippen LogP contribution >= 0.6 is 0 Å². The monoisotopic (exact) mass is 374 g/mol. The molecule has 1 aliphatic rings. The number of amides is 1. The van der Waals surface area contributed by atoms with Crippen molar-refractivity contribution in [3.05, 3.63) is 47.8 Å². The first-order valence-corrected chi connectivity index (χ1v) is 10.0. The van der Waals surface area contributed by atoms with E-state index in [1.54, 1.807) is 30.6 Å². The number of carbonyl (C=O) groups excluding carboxylic acids is 1. The minimum Gasteiger partial charge on any atom is -0.340 e. The van der Waals surface area contributed by atoms with Crippen LogP contribution in [0.5, 0.6) is 0 Å². The topological polar surface area (TPSA) is 92.3 Å². The number of benzene rings is 1. The number of hydrogen-bond donors (Lipinski definition) is 1. The lowest BCUT2D eigenvalue weighted by Crippen LogP contribution is -2.45. The van der Waals surface area contributed by atoms with Gasteiger partial charge in [-0.25, -0.2) is 23.1 Å². The largest absolute Gasteiger partial charge is 0.340 e. The maximum atomic E-state index is 12.6. The molecule has 7 nitrogen and oxygen atoms in total. The number of aryl methyl sites for hydroxylation is 2. The average molecular weight is 374 g/mol. The average Bonchev–Trinajstić information content (AvgIpc) is 2.64. The lowest BCUT2D eigenvalue weighted by atomic mass is 9.98. The highest BCUT2D eigenvalue weighted by molar-refractivity contribution is 7.90. The number of piperidine rings is 1. The van der Waals surface area contributed by atoms with E-state index in [1.807, 2.05) is 18.7 Å². The van der Waals surface area contributed by atoms with Crippen molar-refractivity contribution >= 4 is 21.9 Å². The Hall–Kier alpha value is -2.48. The van der Waals surface area contributed by atoms with Crippen LogP contribution in [0.2, 0.25) is 0 Å². The number of rotatable bonds is 4. The fourth-order valence-corrected chi connectivity index (χ4v) is 4.11. The zero-order chi connectivity index (χ0) is 18.7. The molecule has 1 saturated heterocycles. The number of aromatic nitrogens is 2. The van der Waals surface area contributed by atoms with E-state index in [1.165, 1.54) is 6.07 Å². The normalized spacial score (nSPS) is 17.8. The highest BCUT2D eigenvalue weighted by atomic mass is 32.2. The first-order chi connectivity index (χ1) is 12.4. The van der Waals surface area contributed by atoms with Crippen molar-refractivity contribution in [2.75, 3.05) is 18.0 Å². The summed E-state index contributed by atoms with van der Waals surface area (Å²) in [6.45, 7) is 4.90. The van der Waals surface area contributed by atoms with E-state index >= 15 is 0 Å². The summed E-state index contributed by atoms with van der Waals surface area (Å²) in [4.78, 5) is 23.0. The first kappa shape index (κ1) is 18.3. The molecule has 0 saturated carbocycles. The fraction of sp³-hybridized carbons (Fsp3) is 0.389. The van der Waals surface area contributed by atoms with Gasteiger partial charge in [0, 0.05) is 25.5 Å². The van der Waals surface area contributed by atoms with Gasteiger partial charge < -0.3 is 4.90 Å². The molecule has 0 aliphatic carbocycles. The van der Waals surface area contributed by atoms with E-state index in [2.05, 4.69) is 14.7 Å². The standard InChI is InChI=1S/C18H22N4O3S/c1-13-6-7-16(11-14(13)2)26(24,25)21-17(23)15-5-3-10-22(12-15)18-19-8-4-9-20-18/h4,6-9,11,15H,3,5,10,12H2,1-2H3,(H,21,23)/t15-/m1/s1. The number of nitrogens with one attached hydrogen (secondary N) is 1. The molecule has 3 rings (SSSR count). The molecular weight excluding hydrogens is 352 g/mol. The molecule has 1 aliphatic heterocycles. The zero-order valence-electron chi connectivity index (χ0n) is 14.8. The van der Waals surface area contributed by atoms with Gasteiger partial charge in [0.25, 0.3) is 10.0 Å². The van der Waals surface area contributed by atoms with Crippen molar-refractivity contribution < 1.29 is 13.2 Å². The summed E-state index contributed by atoms with van der Waals surface area (Å²) in [7, 11) is -3.88. The molecule has 1 N–H and O–H groups in total. The van der Waals surface area contributed by atoms with Gasteiger partial charge in [0.1, 0.15) is 0 Å². The molecule has 26 heavy (non-hydrogen) atoms. The van der Waals surface area contributed by atoms with Crippen LogP contribution in [0.15, 0.2) is 41.6 Å². The maximum absolute atomic E-state index is 12.6. The molecule has 1 amide bonds. The minimum atomic E-state index is -3.88. The summed E-state index contributed by atoms with van der Waals surface area (Å²) in [5, 5.41) is 0. The molecule has 0 bridgehead atoms. The number of anilines is 1. The van der Waals surface area contributed by atoms with Gasteiger partial charge >= 0.3 is 0 Å². The highest BCUT2D eigenvalue weighted by Crippen LogP contribution is 2.21. The Bertz CT molecular complexity index is 900. The highest BCUT2D eigenvalue weighted by Gasteiger charge is 2.30. The van der Waals surface area contributed by atoms with E-state index in [-0.39, 0.29) is 4.90 Å². The van der Waals surface area contributed by atoms with Gasteiger partial charge in [-0.3, -0.25) is 4.79 Å². The Kier molecular flexibility index (Phi) is 5.22. The van der Waals surface area contributed by atoms with Crippen molar-refractivity contribution in [3.63, 3.8) is 0 Å². The molecule has 1 fully saturated rings. The summed E-state index contributed by atoms with van der Waals surface area (Å²) in [6, 6.07) is 6.57. The van der Waals surface area contributed by atoms with Gasteiger partial charge in [-0.1, -0.05) is 6.07 Å². The molecule has 1 atom stereocenters. The number of nitrogens with zero attached hydrogens (tertiary/aromatic N) is 3. The Labute approximate surface area is 153 Å². The predicted molar refractivity (Wildman–Crippen MR) is 98.2 cm³/mol. The third-order valence-electron chi connectivity index (χ3n) is 4.65. The summed E-state index contributed by atoms with van der Waals surface area (Å²) in [6.07, 6.45) is 4.71. The van der Waals surface area contributed by atoms with Gasteiger partial charge in [-0.05, 0) is 56.0 Å². The second kappa shape index (κ2) is 7.41. The Morgan fingerprint density at radius 3 is 2.62 bits per heavy atom. The molecular formula is C18H22N4O3S. The van der Waals surface area contributed by atoms with Gasteiger partial charge in [-0.15, -0.1) is 0 Å². The molecule has 2 aromatic rings. The van der Waals surface area contributed by atoms with Gasteiger partial charge in [-0.2, -0.15) is 0 Å². The van der Waals surface area contributed by atoms with Gasteiger partial charge in [0.15, 0.2) is 0 Å². The minimum absolute atomic E-state index is 0.105. The summed E-state index contributed by atoms with van der Waals surface area (Å²) in [5.41, 5.74) is 1.87. The van der Waals surface area contributed by atoms with E-state index in [0.717, 1.165) is 24.1 Å². The van der Waals surface area contributed by atoms with Crippen LogP contribution < -0.4 is 9.62 Å². The van der Waals surface area contributed by atoms with Crippen molar-refractivity contribution in [1.29, 1.82) is 0 Å². The molecule has 2 heterocycles. The van der Waals surface area contributed by atoms with Crippen LogP contribution in [0, 0.1) is 19.8 Å².